The Morgan fingerprint density at radius 2 is 2.08 bits per heavy atom. The van der Waals surface area contributed by atoms with Crippen LogP contribution < -0.4 is 14.8 Å². The lowest BCUT2D eigenvalue weighted by molar-refractivity contribution is 0.171. The zero-order chi connectivity index (χ0) is 17.9. The normalized spacial score (nSPS) is 12.8. The molecular formula is C18H16ClN3O2S2. The lowest BCUT2D eigenvalue weighted by Gasteiger charge is -2.20. The molecule has 1 N–H and O–H groups in total. The van der Waals surface area contributed by atoms with Gasteiger partial charge in [0.25, 0.3) is 0 Å². The van der Waals surface area contributed by atoms with Gasteiger partial charge in [0, 0.05) is 11.4 Å². The Morgan fingerprint density at radius 3 is 2.96 bits per heavy atom. The third-order valence-corrected chi connectivity index (χ3v) is 6.02. The van der Waals surface area contributed by atoms with E-state index in [1.54, 1.807) is 11.8 Å². The van der Waals surface area contributed by atoms with Gasteiger partial charge in [-0.15, -0.1) is 10.2 Å². The molecular weight excluding hydrogens is 390 g/mol. The van der Waals surface area contributed by atoms with Crippen LogP contribution >= 0.6 is 34.7 Å². The first kappa shape index (κ1) is 17.5. The molecule has 0 saturated heterocycles. The highest BCUT2D eigenvalue weighted by Gasteiger charge is 2.17. The van der Waals surface area contributed by atoms with E-state index in [1.807, 2.05) is 24.3 Å². The number of hydrogen-bond donors (Lipinski definition) is 1. The number of halogens is 1. The Balaban J connectivity index is 1.41. The first-order valence-corrected chi connectivity index (χ1v) is 10.2. The second-order valence-electron chi connectivity index (χ2n) is 5.76. The van der Waals surface area contributed by atoms with Crippen LogP contribution in [0.1, 0.15) is 11.1 Å². The molecule has 5 nitrogen and oxygen atoms in total. The van der Waals surface area contributed by atoms with Gasteiger partial charge in [0.05, 0.1) is 5.02 Å². The van der Waals surface area contributed by atoms with E-state index in [-0.39, 0.29) is 0 Å². The third-order valence-electron chi connectivity index (χ3n) is 3.69. The first-order valence-electron chi connectivity index (χ1n) is 8.05. The standard InChI is InChI=1S/C18H16ClN3O2S2/c1-11-3-2-4-13(7-11)20-17-21-22-18(26-17)25-10-12-8-14(19)16-15(9-12)23-5-6-24-16/h2-4,7-9H,5-6,10H2,1H3,(H,20,21). The maximum absolute atomic E-state index is 6.29. The molecule has 1 aromatic heterocycles. The molecule has 3 aromatic rings. The SMILES string of the molecule is Cc1cccc(Nc2nnc(SCc3cc(Cl)c4c(c3)OCCO4)s2)c1. The zero-order valence-corrected chi connectivity index (χ0v) is 16.4. The van der Waals surface area contributed by atoms with E-state index < -0.39 is 0 Å². The molecule has 4 rings (SSSR count). The molecule has 0 saturated carbocycles. The molecule has 0 spiro atoms. The Labute approximate surface area is 164 Å². The van der Waals surface area contributed by atoms with E-state index in [0.29, 0.717) is 29.7 Å². The van der Waals surface area contributed by atoms with Crippen molar-refractivity contribution < 1.29 is 9.47 Å². The fourth-order valence-electron chi connectivity index (χ4n) is 2.56. The Bertz CT molecular complexity index is 933. The van der Waals surface area contributed by atoms with Gasteiger partial charge in [0.1, 0.15) is 13.2 Å². The molecule has 1 aliphatic rings. The van der Waals surface area contributed by atoms with Crippen molar-refractivity contribution in [3.05, 3.63) is 52.5 Å². The Kier molecular flexibility index (Phi) is 5.19. The van der Waals surface area contributed by atoms with Crippen LogP contribution in [0.4, 0.5) is 10.8 Å². The molecule has 2 heterocycles. The van der Waals surface area contributed by atoms with Crippen LogP contribution in [0.15, 0.2) is 40.7 Å². The lowest BCUT2D eigenvalue weighted by atomic mass is 10.2. The number of anilines is 2. The van der Waals surface area contributed by atoms with Crippen LogP contribution in [0.3, 0.4) is 0 Å². The maximum atomic E-state index is 6.29. The second kappa shape index (κ2) is 7.73. The van der Waals surface area contributed by atoms with Crippen LogP contribution in [0, 0.1) is 6.92 Å². The van der Waals surface area contributed by atoms with Crippen LogP contribution in [0.5, 0.6) is 11.5 Å². The number of thioether (sulfide) groups is 1. The molecule has 26 heavy (non-hydrogen) atoms. The van der Waals surface area contributed by atoms with Gasteiger partial charge in [-0.3, -0.25) is 0 Å². The van der Waals surface area contributed by atoms with Gasteiger partial charge in [0.15, 0.2) is 15.8 Å². The van der Waals surface area contributed by atoms with E-state index in [1.165, 1.54) is 16.9 Å². The summed E-state index contributed by atoms with van der Waals surface area (Å²) in [6, 6.07) is 12.0. The van der Waals surface area contributed by atoms with Gasteiger partial charge < -0.3 is 14.8 Å². The van der Waals surface area contributed by atoms with Crippen molar-refractivity contribution >= 4 is 45.5 Å². The van der Waals surface area contributed by atoms with E-state index >= 15 is 0 Å². The van der Waals surface area contributed by atoms with Gasteiger partial charge in [-0.2, -0.15) is 0 Å². The number of aromatic nitrogens is 2. The van der Waals surface area contributed by atoms with Crippen LogP contribution in [0.2, 0.25) is 5.02 Å². The minimum absolute atomic E-state index is 0.530. The van der Waals surface area contributed by atoms with Gasteiger partial charge in [-0.1, -0.05) is 46.8 Å². The summed E-state index contributed by atoms with van der Waals surface area (Å²) in [5.41, 5.74) is 3.27. The van der Waals surface area contributed by atoms with Crippen molar-refractivity contribution in [3.63, 3.8) is 0 Å². The molecule has 0 aliphatic carbocycles. The molecule has 0 bridgehead atoms. The second-order valence-corrected chi connectivity index (χ2v) is 8.37. The molecule has 0 fully saturated rings. The average Bonchev–Trinajstić information content (AvgIpc) is 3.07. The quantitative estimate of drug-likeness (QED) is 0.581. The summed E-state index contributed by atoms with van der Waals surface area (Å²) in [7, 11) is 0. The zero-order valence-electron chi connectivity index (χ0n) is 14.0. The number of hydrogen-bond acceptors (Lipinski definition) is 7. The maximum Gasteiger partial charge on any atom is 0.210 e. The first-order chi connectivity index (χ1) is 12.7. The largest absolute Gasteiger partial charge is 0.486 e. The predicted octanol–water partition coefficient (Wildman–Crippen LogP) is 5.31. The summed E-state index contributed by atoms with van der Waals surface area (Å²) in [5.74, 6) is 2.07. The molecule has 1 aliphatic heterocycles. The molecule has 134 valence electrons. The van der Waals surface area contributed by atoms with Crippen LogP contribution in [0.25, 0.3) is 0 Å². The Hall–Kier alpha value is -1.96. The van der Waals surface area contributed by atoms with E-state index in [2.05, 4.69) is 34.6 Å². The van der Waals surface area contributed by atoms with Crippen LogP contribution in [-0.4, -0.2) is 23.4 Å². The molecule has 0 atom stereocenters. The summed E-state index contributed by atoms with van der Waals surface area (Å²) < 4.78 is 12.1. The number of rotatable bonds is 5. The van der Waals surface area contributed by atoms with Crippen LogP contribution in [-0.2, 0) is 5.75 Å². The summed E-state index contributed by atoms with van der Waals surface area (Å²) in [5, 5.41) is 13.1. The summed E-state index contributed by atoms with van der Waals surface area (Å²) in [6.45, 7) is 3.14. The topological polar surface area (TPSA) is 56.3 Å². The number of aryl methyl sites for hydroxylation is 1. The van der Waals surface area contributed by atoms with Crippen molar-refractivity contribution in [3.8, 4) is 11.5 Å². The highest BCUT2D eigenvalue weighted by molar-refractivity contribution is 8.00. The molecule has 8 heteroatoms. The van der Waals surface area contributed by atoms with E-state index in [4.69, 9.17) is 21.1 Å². The smallest absolute Gasteiger partial charge is 0.210 e. The fourth-order valence-corrected chi connectivity index (χ4v) is 4.55. The van der Waals surface area contributed by atoms with Crippen molar-refractivity contribution in [1.29, 1.82) is 0 Å². The van der Waals surface area contributed by atoms with Gasteiger partial charge in [-0.05, 0) is 42.3 Å². The molecule has 0 unspecified atom stereocenters. The minimum atomic E-state index is 0.530. The predicted molar refractivity (Wildman–Crippen MR) is 106 cm³/mol. The Morgan fingerprint density at radius 1 is 1.19 bits per heavy atom. The van der Waals surface area contributed by atoms with Crippen molar-refractivity contribution in [2.24, 2.45) is 0 Å². The monoisotopic (exact) mass is 405 g/mol. The van der Waals surface area contributed by atoms with Gasteiger partial charge in [-0.25, -0.2) is 0 Å². The van der Waals surface area contributed by atoms with E-state index in [0.717, 1.165) is 26.5 Å². The van der Waals surface area contributed by atoms with Crippen molar-refractivity contribution in [2.45, 2.75) is 17.0 Å². The summed E-state index contributed by atoms with van der Waals surface area (Å²) in [4.78, 5) is 0. The number of benzene rings is 2. The van der Waals surface area contributed by atoms with Gasteiger partial charge >= 0.3 is 0 Å². The van der Waals surface area contributed by atoms with Crippen molar-refractivity contribution in [2.75, 3.05) is 18.5 Å². The highest BCUT2D eigenvalue weighted by Crippen LogP contribution is 2.40. The highest BCUT2D eigenvalue weighted by atomic mass is 35.5. The average molecular weight is 406 g/mol. The van der Waals surface area contributed by atoms with E-state index in [9.17, 15) is 0 Å². The summed E-state index contributed by atoms with van der Waals surface area (Å²) in [6.07, 6.45) is 0. The molecule has 0 amide bonds. The minimum Gasteiger partial charge on any atom is -0.486 e. The number of ether oxygens (including phenoxy) is 2. The molecule has 2 aromatic carbocycles. The number of fused-ring (bicyclic) bond motifs is 1. The fraction of sp³-hybridized carbons (Fsp3) is 0.222. The molecule has 0 radical (unpaired) electrons. The number of nitrogens with zero attached hydrogens (tertiary/aromatic N) is 2. The third kappa shape index (κ3) is 4.06. The summed E-state index contributed by atoms with van der Waals surface area (Å²) >= 11 is 9.43. The number of nitrogens with one attached hydrogen (secondary N) is 1. The van der Waals surface area contributed by atoms with Gasteiger partial charge in [0.2, 0.25) is 5.13 Å². The lowest BCUT2D eigenvalue weighted by Crippen LogP contribution is -2.15. The van der Waals surface area contributed by atoms with Crippen molar-refractivity contribution in [1.82, 2.24) is 10.2 Å².